The largest absolute Gasteiger partial charge is 0.371 e. The highest BCUT2D eigenvalue weighted by Crippen LogP contribution is 2.27. The van der Waals surface area contributed by atoms with Crippen molar-refractivity contribution < 1.29 is 4.79 Å². The molecule has 23 heavy (non-hydrogen) atoms. The van der Waals surface area contributed by atoms with Crippen LogP contribution in [0.2, 0.25) is 0 Å². The van der Waals surface area contributed by atoms with Gasteiger partial charge in [-0.2, -0.15) is 0 Å². The van der Waals surface area contributed by atoms with Crippen molar-refractivity contribution in [2.75, 3.05) is 25.0 Å². The molecule has 0 radical (unpaired) electrons. The molecule has 1 aromatic carbocycles. The minimum Gasteiger partial charge on any atom is -0.371 e. The fourth-order valence-corrected chi connectivity index (χ4v) is 4.41. The third kappa shape index (κ3) is 3.96. The van der Waals surface area contributed by atoms with E-state index in [1.54, 1.807) is 4.90 Å². The molecule has 0 bridgehead atoms. The monoisotopic (exact) mass is 392 g/mol. The standard InChI is InChI=1S/C18H21BrN2OS/c1-20(18(22)16-9-10-17(19)23-16)13-14-7-3-4-8-15(14)21-11-5-2-6-12-21/h3-4,7-10H,2,5-6,11-13H2,1H3. The van der Waals surface area contributed by atoms with E-state index < -0.39 is 0 Å². The molecule has 3 nitrogen and oxygen atoms in total. The minimum atomic E-state index is 0.0779. The smallest absolute Gasteiger partial charge is 0.264 e. The first-order chi connectivity index (χ1) is 11.1. The summed E-state index contributed by atoms with van der Waals surface area (Å²) in [4.78, 5) is 17.6. The van der Waals surface area contributed by atoms with E-state index in [1.807, 2.05) is 19.2 Å². The van der Waals surface area contributed by atoms with E-state index in [4.69, 9.17) is 0 Å². The van der Waals surface area contributed by atoms with Crippen molar-refractivity contribution in [3.63, 3.8) is 0 Å². The van der Waals surface area contributed by atoms with Gasteiger partial charge in [0.1, 0.15) is 0 Å². The lowest BCUT2D eigenvalue weighted by Crippen LogP contribution is -2.32. The van der Waals surface area contributed by atoms with Gasteiger partial charge in [-0.05, 0) is 59.0 Å². The highest BCUT2D eigenvalue weighted by Gasteiger charge is 2.18. The Morgan fingerprint density at radius 1 is 1.17 bits per heavy atom. The third-order valence-electron chi connectivity index (χ3n) is 4.23. The highest BCUT2D eigenvalue weighted by atomic mass is 79.9. The molecule has 1 fully saturated rings. The number of hydrogen-bond acceptors (Lipinski definition) is 3. The van der Waals surface area contributed by atoms with E-state index in [1.165, 1.54) is 41.9 Å². The van der Waals surface area contributed by atoms with Gasteiger partial charge in [-0.3, -0.25) is 4.79 Å². The fraction of sp³-hybridized carbons (Fsp3) is 0.389. The number of amides is 1. The van der Waals surface area contributed by atoms with E-state index in [0.717, 1.165) is 21.8 Å². The Morgan fingerprint density at radius 2 is 1.91 bits per heavy atom. The second-order valence-corrected chi connectivity index (χ2v) is 8.40. The van der Waals surface area contributed by atoms with Crippen LogP contribution in [0.5, 0.6) is 0 Å². The molecule has 0 saturated carbocycles. The van der Waals surface area contributed by atoms with Crippen molar-refractivity contribution in [1.82, 2.24) is 4.90 Å². The van der Waals surface area contributed by atoms with Crippen molar-refractivity contribution in [2.45, 2.75) is 25.8 Å². The number of thiophene rings is 1. The highest BCUT2D eigenvalue weighted by molar-refractivity contribution is 9.11. The Morgan fingerprint density at radius 3 is 2.61 bits per heavy atom. The molecule has 2 heterocycles. The molecule has 2 aromatic rings. The summed E-state index contributed by atoms with van der Waals surface area (Å²) in [5.74, 6) is 0.0779. The molecule has 1 aliphatic rings. The number of benzene rings is 1. The maximum absolute atomic E-state index is 12.6. The Bertz CT molecular complexity index is 679. The van der Waals surface area contributed by atoms with Crippen molar-refractivity contribution in [1.29, 1.82) is 0 Å². The summed E-state index contributed by atoms with van der Waals surface area (Å²) in [6, 6.07) is 12.3. The second-order valence-electron chi connectivity index (χ2n) is 5.94. The van der Waals surface area contributed by atoms with Crippen LogP contribution in [0.25, 0.3) is 0 Å². The molecule has 1 aromatic heterocycles. The first-order valence-electron chi connectivity index (χ1n) is 7.99. The first kappa shape index (κ1) is 16.5. The van der Waals surface area contributed by atoms with E-state index in [0.29, 0.717) is 6.54 Å². The van der Waals surface area contributed by atoms with Crippen LogP contribution in [0.1, 0.15) is 34.5 Å². The lowest BCUT2D eigenvalue weighted by molar-refractivity contribution is 0.0790. The molecule has 0 unspecified atom stereocenters. The zero-order chi connectivity index (χ0) is 16.2. The van der Waals surface area contributed by atoms with Crippen LogP contribution < -0.4 is 4.90 Å². The number of para-hydroxylation sites is 1. The average Bonchev–Trinajstić information content (AvgIpc) is 3.02. The number of carbonyl (C=O) groups is 1. The lowest BCUT2D eigenvalue weighted by Gasteiger charge is -2.31. The van der Waals surface area contributed by atoms with Gasteiger partial charge in [0, 0.05) is 32.4 Å². The average molecular weight is 393 g/mol. The molecule has 0 atom stereocenters. The summed E-state index contributed by atoms with van der Waals surface area (Å²) in [6.45, 7) is 2.88. The summed E-state index contributed by atoms with van der Waals surface area (Å²) >= 11 is 4.90. The number of piperidine rings is 1. The van der Waals surface area contributed by atoms with Crippen LogP contribution in [0, 0.1) is 0 Å². The molecule has 0 N–H and O–H groups in total. The third-order valence-corrected chi connectivity index (χ3v) is 5.84. The van der Waals surface area contributed by atoms with E-state index in [2.05, 4.69) is 45.1 Å². The molecule has 1 aliphatic heterocycles. The summed E-state index contributed by atoms with van der Waals surface area (Å²) in [5.41, 5.74) is 2.50. The number of nitrogens with zero attached hydrogens (tertiary/aromatic N) is 2. The Balaban J connectivity index is 1.75. The molecule has 0 spiro atoms. The Hall–Kier alpha value is -1.33. The molecular weight excluding hydrogens is 372 g/mol. The van der Waals surface area contributed by atoms with Crippen LogP contribution in [0.3, 0.4) is 0 Å². The van der Waals surface area contributed by atoms with Gasteiger partial charge in [-0.15, -0.1) is 11.3 Å². The van der Waals surface area contributed by atoms with Crippen LogP contribution in [-0.2, 0) is 6.54 Å². The first-order valence-corrected chi connectivity index (χ1v) is 9.60. The van der Waals surface area contributed by atoms with Gasteiger partial charge >= 0.3 is 0 Å². The Kier molecular flexibility index (Phi) is 5.38. The zero-order valence-corrected chi connectivity index (χ0v) is 15.7. The van der Waals surface area contributed by atoms with Crippen LogP contribution >= 0.6 is 27.3 Å². The normalized spacial score (nSPS) is 14.8. The molecule has 5 heteroatoms. The van der Waals surface area contributed by atoms with Gasteiger partial charge in [0.2, 0.25) is 0 Å². The van der Waals surface area contributed by atoms with Crippen molar-refractivity contribution >= 4 is 38.9 Å². The fourth-order valence-electron chi connectivity index (χ4n) is 3.03. The minimum absolute atomic E-state index is 0.0779. The van der Waals surface area contributed by atoms with Crippen molar-refractivity contribution in [3.8, 4) is 0 Å². The number of hydrogen-bond donors (Lipinski definition) is 0. The number of halogens is 1. The van der Waals surface area contributed by atoms with E-state index in [-0.39, 0.29) is 5.91 Å². The topological polar surface area (TPSA) is 23.6 Å². The SMILES string of the molecule is CN(Cc1ccccc1N1CCCCC1)C(=O)c1ccc(Br)s1. The zero-order valence-electron chi connectivity index (χ0n) is 13.3. The van der Waals surface area contributed by atoms with Crippen LogP contribution in [0.4, 0.5) is 5.69 Å². The molecular formula is C18H21BrN2OS. The van der Waals surface area contributed by atoms with Gasteiger partial charge in [0.15, 0.2) is 0 Å². The summed E-state index contributed by atoms with van der Waals surface area (Å²) < 4.78 is 0.989. The van der Waals surface area contributed by atoms with Crippen LogP contribution in [0.15, 0.2) is 40.2 Å². The summed E-state index contributed by atoms with van der Waals surface area (Å²) in [5, 5.41) is 0. The number of anilines is 1. The molecule has 3 rings (SSSR count). The molecule has 122 valence electrons. The summed E-state index contributed by atoms with van der Waals surface area (Å²) in [7, 11) is 1.88. The van der Waals surface area contributed by atoms with Gasteiger partial charge < -0.3 is 9.80 Å². The molecule has 0 aliphatic carbocycles. The van der Waals surface area contributed by atoms with Crippen LogP contribution in [-0.4, -0.2) is 30.9 Å². The molecule has 1 saturated heterocycles. The van der Waals surface area contributed by atoms with Crippen molar-refractivity contribution in [3.05, 3.63) is 50.6 Å². The summed E-state index contributed by atoms with van der Waals surface area (Å²) in [6.07, 6.45) is 3.84. The van der Waals surface area contributed by atoms with E-state index in [9.17, 15) is 4.79 Å². The van der Waals surface area contributed by atoms with Gasteiger partial charge in [-0.25, -0.2) is 0 Å². The lowest BCUT2D eigenvalue weighted by atomic mass is 10.1. The van der Waals surface area contributed by atoms with Gasteiger partial charge in [0.25, 0.3) is 5.91 Å². The maximum atomic E-state index is 12.6. The maximum Gasteiger partial charge on any atom is 0.264 e. The predicted octanol–water partition coefficient (Wildman–Crippen LogP) is 4.77. The Labute approximate surface area is 150 Å². The number of rotatable bonds is 4. The number of carbonyl (C=O) groups excluding carboxylic acids is 1. The quantitative estimate of drug-likeness (QED) is 0.747. The van der Waals surface area contributed by atoms with Crippen molar-refractivity contribution in [2.24, 2.45) is 0 Å². The second kappa shape index (κ2) is 7.49. The van der Waals surface area contributed by atoms with Gasteiger partial charge in [0.05, 0.1) is 8.66 Å². The van der Waals surface area contributed by atoms with E-state index >= 15 is 0 Å². The molecule has 1 amide bonds. The predicted molar refractivity (Wildman–Crippen MR) is 100 cm³/mol. The van der Waals surface area contributed by atoms with Gasteiger partial charge in [-0.1, -0.05) is 18.2 Å².